The van der Waals surface area contributed by atoms with Gasteiger partial charge in [-0.3, -0.25) is 9.59 Å². The molecule has 2 amide bonds. The van der Waals surface area contributed by atoms with Gasteiger partial charge >= 0.3 is 0 Å². The maximum absolute atomic E-state index is 12.6. The fourth-order valence-corrected chi connectivity index (χ4v) is 3.70. The maximum atomic E-state index is 12.6. The molecule has 0 spiro atoms. The van der Waals surface area contributed by atoms with E-state index in [1.807, 2.05) is 34.6 Å². The van der Waals surface area contributed by atoms with Crippen LogP contribution < -0.4 is 5.32 Å². The minimum atomic E-state index is -0.382. The van der Waals surface area contributed by atoms with E-state index >= 15 is 0 Å². The fraction of sp³-hybridized carbons (Fsp3) is 0.889. The van der Waals surface area contributed by atoms with E-state index in [1.54, 1.807) is 11.9 Å². The van der Waals surface area contributed by atoms with Crippen LogP contribution in [0.5, 0.6) is 0 Å². The van der Waals surface area contributed by atoms with Gasteiger partial charge in [-0.1, -0.05) is 13.8 Å². The Morgan fingerprint density at radius 1 is 1.04 bits per heavy atom. The number of likely N-dealkylation sites (N-methyl/N-ethyl adjacent to an activating group) is 1. The van der Waals surface area contributed by atoms with Crippen molar-refractivity contribution in [3.8, 4) is 0 Å². The van der Waals surface area contributed by atoms with Gasteiger partial charge in [-0.25, -0.2) is 0 Å². The molecule has 2 fully saturated rings. The van der Waals surface area contributed by atoms with Gasteiger partial charge in [-0.15, -0.1) is 0 Å². The highest BCUT2D eigenvalue weighted by atomic mass is 16.5. The first kappa shape index (κ1) is 19.2. The maximum Gasteiger partial charge on any atom is 0.252 e. The van der Waals surface area contributed by atoms with Crippen LogP contribution in [0.25, 0.3) is 0 Å². The molecule has 2 heterocycles. The predicted molar refractivity (Wildman–Crippen MR) is 91.5 cm³/mol. The standard InChI is InChI=1S/C18H32N2O4/c1-10-7-13(4)23-15(10)17(21)19-9-12(3)20(6)18(22)16-11(2)8-14(5)24-16/h10-16H,7-9H2,1-6H3,(H,19,21)/t10-,11-,12-,13+,14-,15+,16+/m0/s1. The molecule has 0 aliphatic carbocycles. The van der Waals surface area contributed by atoms with E-state index in [0.29, 0.717) is 6.54 Å². The highest BCUT2D eigenvalue weighted by Gasteiger charge is 2.38. The molecule has 0 radical (unpaired) electrons. The van der Waals surface area contributed by atoms with Gasteiger partial charge in [0.2, 0.25) is 5.91 Å². The number of rotatable bonds is 5. The lowest BCUT2D eigenvalue weighted by Gasteiger charge is -2.29. The molecule has 2 saturated heterocycles. The molecule has 24 heavy (non-hydrogen) atoms. The van der Waals surface area contributed by atoms with Crippen LogP contribution in [0.1, 0.15) is 47.5 Å². The van der Waals surface area contributed by atoms with E-state index in [4.69, 9.17) is 9.47 Å². The average Bonchev–Trinajstić information content (AvgIpc) is 3.03. The number of amides is 2. The molecule has 7 atom stereocenters. The minimum absolute atomic E-state index is 0.00675. The largest absolute Gasteiger partial charge is 0.365 e. The normalized spacial score (nSPS) is 37.2. The van der Waals surface area contributed by atoms with Gasteiger partial charge in [0, 0.05) is 19.6 Å². The third-order valence-corrected chi connectivity index (χ3v) is 5.28. The van der Waals surface area contributed by atoms with E-state index in [0.717, 1.165) is 12.8 Å². The summed E-state index contributed by atoms with van der Waals surface area (Å²) < 4.78 is 11.4. The number of carbonyl (C=O) groups excluding carboxylic acids is 2. The smallest absolute Gasteiger partial charge is 0.252 e. The summed E-state index contributed by atoms with van der Waals surface area (Å²) in [6, 6.07) is -0.0951. The van der Waals surface area contributed by atoms with Crippen LogP contribution in [0, 0.1) is 11.8 Å². The summed E-state index contributed by atoms with van der Waals surface area (Å²) in [5, 5.41) is 2.92. The second-order valence-electron chi connectivity index (χ2n) is 7.70. The summed E-state index contributed by atoms with van der Waals surface area (Å²) in [6.45, 7) is 10.4. The third kappa shape index (κ3) is 4.28. The monoisotopic (exact) mass is 340 g/mol. The van der Waals surface area contributed by atoms with Crippen LogP contribution in [-0.4, -0.2) is 60.8 Å². The number of hydrogen-bond donors (Lipinski definition) is 1. The van der Waals surface area contributed by atoms with Crippen LogP contribution in [0.4, 0.5) is 0 Å². The molecule has 6 nitrogen and oxygen atoms in total. The minimum Gasteiger partial charge on any atom is -0.365 e. The highest BCUT2D eigenvalue weighted by molar-refractivity contribution is 5.82. The van der Waals surface area contributed by atoms with E-state index in [2.05, 4.69) is 5.32 Å². The summed E-state index contributed by atoms with van der Waals surface area (Å²) in [4.78, 5) is 26.6. The number of nitrogens with one attached hydrogen (secondary N) is 1. The zero-order valence-electron chi connectivity index (χ0n) is 15.7. The number of hydrogen-bond acceptors (Lipinski definition) is 4. The van der Waals surface area contributed by atoms with Crippen molar-refractivity contribution in [3.63, 3.8) is 0 Å². The van der Waals surface area contributed by atoms with E-state index in [9.17, 15) is 9.59 Å². The van der Waals surface area contributed by atoms with Crippen LogP contribution in [-0.2, 0) is 19.1 Å². The van der Waals surface area contributed by atoms with E-state index < -0.39 is 0 Å². The Bertz CT molecular complexity index is 470. The molecule has 0 aromatic rings. The Morgan fingerprint density at radius 2 is 1.54 bits per heavy atom. The Morgan fingerprint density at radius 3 is 2.00 bits per heavy atom. The third-order valence-electron chi connectivity index (χ3n) is 5.28. The summed E-state index contributed by atoms with van der Waals surface area (Å²) in [6.07, 6.45) is 1.31. The van der Waals surface area contributed by atoms with Crippen LogP contribution in [0.2, 0.25) is 0 Å². The van der Waals surface area contributed by atoms with Gasteiger partial charge in [-0.05, 0) is 45.4 Å². The molecule has 0 aromatic heterocycles. The molecule has 6 heteroatoms. The zero-order chi connectivity index (χ0) is 18.0. The van der Waals surface area contributed by atoms with Crippen LogP contribution >= 0.6 is 0 Å². The Labute approximate surface area is 145 Å². The number of ether oxygens (including phenoxy) is 2. The van der Waals surface area contributed by atoms with Crippen molar-refractivity contribution >= 4 is 11.8 Å². The summed E-state index contributed by atoms with van der Waals surface area (Å²) in [5.41, 5.74) is 0. The Kier molecular flexibility index (Phi) is 6.26. The van der Waals surface area contributed by atoms with E-state index in [1.165, 1.54) is 0 Å². The molecule has 0 bridgehead atoms. The van der Waals surface area contributed by atoms with Crippen molar-refractivity contribution in [1.29, 1.82) is 0 Å². The van der Waals surface area contributed by atoms with Crippen molar-refractivity contribution in [1.82, 2.24) is 10.2 Å². The van der Waals surface area contributed by atoms with Crippen molar-refractivity contribution in [2.75, 3.05) is 13.6 Å². The lowest BCUT2D eigenvalue weighted by atomic mass is 10.0. The second-order valence-corrected chi connectivity index (χ2v) is 7.70. The topological polar surface area (TPSA) is 67.9 Å². The highest BCUT2D eigenvalue weighted by Crippen LogP contribution is 2.27. The van der Waals surface area contributed by atoms with Gasteiger partial charge < -0.3 is 19.7 Å². The van der Waals surface area contributed by atoms with Crippen molar-refractivity contribution in [3.05, 3.63) is 0 Å². The predicted octanol–water partition coefficient (Wildman–Crippen LogP) is 1.58. The van der Waals surface area contributed by atoms with Crippen molar-refractivity contribution in [2.24, 2.45) is 11.8 Å². The van der Waals surface area contributed by atoms with Crippen LogP contribution in [0.15, 0.2) is 0 Å². The molecule has 0 aromatic carbocycles. The molecule has 0 unspecified atom stereocenters. The zero-order valence-corrected chi connectivity index (χ0v) is 15.7. The van der Waals surface area contributed by atoms with Crippen LogP contribution in [0.3, 0.4) is 0 Å². The Hall–Kier alpha value is -1.14. The van der Waals surface area contributed by atoms with Gasteiger partial charge in [0.1, 0.15) is 12.2 Å². The summed E-state index contributed by atoms with van der Waals surface area (Å²) in [7, 11) is 1.77. The van der Waals surface area contributed by atoms with Crippen molar-refractivity contribution in [2.45, 2.75) is 77.9 Å². The first-order valence-electron chi connectivity index (χ1n) is 9.06. The average molecular weight is 340 g/mol. The lowest BCUT2D eigenvalue weighted by molar-refractivity contribution is -0.145. The van der Waals surface area contributed by atoms with Gasteiger partial charge in [0.15, 0.2) is 0 Å². The second kappa shape index (κ2) is 7.83. The van der Waals surface area contributed by atoms with Crippen molar-refractivity contribution < 1.29 is 19.1 Å². The van der Waals surface area contributed by atoms with E-state index in [-0.39, 0.29) is 54.1 Å². The van der Waals surface area contributed by atoms with Gasteiger partial charge in [0.05, 0.1) is 12.2 Å². The fourth-order valence-electron chi connectivity index (χ4n) is 3.70. The number of nitrogens with zero attached hydrogens (tertiary/aromatic N) is 1. The summed E-state index contributed by atoms with van der Waals surface area (Å²) in [5.74, 6) is 0.362. The molecular weight excluding hydrogens is 308 g/mol. The molecule has 1 N–H and O–H groups in total. The number of carbonyl (C=O) groups is 2. The Balaban J connectivity index is 1.82. The molecular formula is C18H32N2O4. The summed E-state index contributed by atoms with van der Waals surface area (Å²) >= 11 is 0. The van der Waals surface area contributed by atoms with Gasteiger partial charge in [-0.2, -0.15) is 0 Å². The molecule has 0 saturated carbocycles. The van der Waals surface area contributed by atoms with Gasteiger partial charge in [0.25, 0.3) is 5.91 Å². The first-order valence-corrected chi connectivity index (χ1v) is 9.06. The quantitative estimate of drug-likeness (QED) is 0.825. The lowest BCUT2D eigenvalue weighted by Crippen LogP contribution is -2.49. The first-order chi connectivity index (χ1) is 11.2. The molecule has 138 valence electrons. The molecule has 2 rings (SSSR count). The molecule has 2 aliphatic heterocycles. The molecule has 2 aliphatic rings. The SMILES string of the molecule is C[C@@H]1C[C@H](C)[C@H](C(=O)NC[C@H](C)N(C)C(=O)[C@@H]2O[C@@H](C)C[C@@H]2C)O1.